The number of halogens is 1. The molecule has 4 heteroatoms. The molecular weight excluding hydrogens is 258 g/mol. The summed E-state index contributed by atoms with van der Waals surface area (Å²) in [5.41, 5.74) is 3.18. The highest BCUT2D eigenvalue weighted by Gasteiger charge is 2.08. The lowest BCUT2D eigenvalue weighted by molar-refractivity contribution is 0.705. The van der Waals surface area contributed by atoms with Crippen LogP contribution >= 0.6 is 11.6 Å². The summed E-state index contributed by atoms with van der Waals surface area (Å²) in [5, 5.41) is 3.99. The lowest BCUT2D eigenvalue weighted by atomic mass is 10.1. The first-order chi connectivity index (χ1) is 9.26. The van der Waals surface area contributed by atoms with Gasteiger partial charge in [-0.15, -0.1) is 0 Å². The van der Waals surface area contributed by atoms with Crippen LogP contribution < -0.4 is 5.32 Å². The zero-order chi connectivity index (χ0) is 13.7. The fourth-order valence-corrected chi connectivity index (χ4v) is 2.24. The number of fused-ring (bicyclic) bond motifs is 1. The van der Waals surface area contributed by atoms with Crippen LogP contribution in [0.3, 0.4) is 0 Å². The first-order valence-corrected chi connectivity index (χ1v) is 7.16. The number of rotatable bonds is 6. The van der Waals surface area contributed by atoms with E-state index in [2.05, 4.69) is 30.2 Å². The molecule has 0 bridgehead atoms. The second-order valence-corrected chi connectivity index (χ2v) is 4.91. The average Bonchev–Trinajstić information content (AvgIpc) is 2.74. The van der Waals surface area contributed by atoms with Gasteiger partial charge < -0.3 is 5.32 Å². The Morgan fingerprint density at radius 2 is 2.26 bits per heavy atom. The van der Waals surface area contributed by atoms with E-state index >= 15 is 0 Å². The van der Waals surface area contributed by atoms with Gasteiger partial charge in [-0.2, -0.15) is 0 Å². The van der Waals surface area contributed by atoms with Crippen molar-refractivity contribution >= 4 is 23.3 Å². The molecule has 0 aliphatic heterocycles. The van der Waals surface area contributed by atoms with Crippen LogP contribution in [0.2, 0.25) is 5.15 Å². The van der Waals surface area contributed by atoms with Gasteiger partial charge in [0.2, 0.25) is 0 Å². The molecule has 0 aromatic carbocycles. The van der Waals surface area contributed by atoms with Crippen molar-refractivity contribution in [3.05, 3.63) is 40.8 Å². The average molecular weight is 278 g/mol. The quantitative estimate of drug-likeness (QED) is 0.814. The van der Waals surface area contributed by atoms with Gasteiger partial charge in [0.25, 0.3) is 0 Å². The summed E-state index contributed by atoms with van der Waals surface area (Å²) in [5.74, 6) is 0. The summed E-state index contributed by atoms with van der Waals surface area (Å²) in [6, 6.07) is 5.92. The van der Waals surface area contributed by atoms with Crippen LogP contribution in [-0.2, 0) is 0 Å². The Hall–Kier alpha value is -1.32. The van der Waals surface area contributed by atoms with E-state index in [0.717, 1.165) is 37.3 Å². The predicted molar refractivity (Wildman–Crippen MR) is 81.6 cm³/mol. The molecule has 1 N–H and O–H groups in total. The maximum absolute atomic E-state index is 6.23. The number of pyridine rings is 1. The number of hydrogen-bond acceptors (Lipinski definition) is 2. The third kappa shape index (κ3) is 3.37. The second-order valence-electron chi connectivity index (χ2n) is 4.55. The van der Waals surface area contributed by atoms with Gasteiger partial charge in [0.05, 0.1) is 5.69 Å². The molecule has 0 aliphatic carbocycles. The molecule has 0 fully saturated rings. The summed E-state index contributed by atoms with van der Waals surface area (Å²) in [6.45, 7) is 6.28. The molecule has 0 atom stereocenters. The van der Waals surface area contributed by atoms with Gasteiger partial charge in [-0.25, -0.2) is 4.98 Å². The SMILES string of the molecule is CCCNCC(=Cc1c(Cl)nc2ccccn12)CC. The molecular formula is C15H20ClN3. The minimum absolute atomic E-state index is 0.563. The zero-order valence-corrected chi connectivity index (χ0v) is 12.2. The Labute approximate surface area is 119 Å². The van der Waals surface area contributed by atoms with E-state index in [1.807, 2.05) is 28.8 Å². The molecule has 0 aliphatic rings. The highest BCUT2D eigenvalue weighted by Crippen LogP contribution is 2.21. The van der Waals surface area contributed by atoms with Gasteiger partial charge in [0.1, 0.15) is 5.65 Å². The maximum Gasteiger partial charge on any atom is 0.155 e. The van der Waals surface area contributed by atoms with Gasteiger partial charge >= 0.3 is 0 Å². The zero-order valence-electron chi connectivity index (χ0n) is 11.5. The molecule has 2 heterocycles. The largest absolute Gasteiger partial charge is 0.313 e. The van der Waals surface area contributed by atoms with Crippen molar-refractivity contribution in [3.8, 4) is 0 Å². The summed E-state index contributed by atoms with van der Waals surface area (Å²) in [6.07, 6.45) is 6.29. The molecule has 0 unspecified atom stereocenters. The fraction of sp³-hybridized carbons (Fsp3) is 0.400. The standard InChI is InChI=1S/C15H20ClN3/c1-3-8-17-11-12(4-2)10-13-15(16)18-14-7-5-6-9-19(13)14/h5-7,9-10,17H,3-4,8,11H2,1-2H3. The second kappa shape index (κ2) is 6.73. The van der Waals surface area contributed by atoms with E-state index in [0.29, 0.717) is 5.15 Å². The molecule has 2 aromatic rings. The monoisotopic (exact) mass is 277 g/mol. The molecule has 102 valence electrons. The van der Waals surface area contributed by atoms with Gasteiger partial charge in [-0.3, -0.25) is 4.40 Å². The third-order valence-electron chi connectivity index (χ3n) is 3.10. The highest BCUT2D eigenvalue weighted by molar-refractivity contribution is 6.31. The minimum Gasteiger partial charge on any atom is -0.313 e. The van der Waals surface area contributed by atoms with Crippen LogP contribution in [0.1, 0.15) is 32.4 Å². The number of nitrogens with zero attached hydrogens (tertiary/aromatic N) is 2. The first kappa shape index (κ1) is 14.1. The Bertz CT molecular complexity index is 572. The van der Waals surface area contributed by atoms with Crippen molar-refractivity contribution < 1.29 is 0 Å². The lowest BCUT2D eigenvalue weighted by Crippen LogP contribution is -2.17. The molecule has 0 saturated heterocycles. The molecule has 2 rings (SSSR count). The molecule has 3 nitrogen and oxygen atoms in total. The van der Waals surface area contributed by atoms with Crippen molar-refractivity contribution in [2.24, 2.45) is 0 Å². The van der Waals surface area contributed by atoms with Gasteiger partial charge in [-0.1, -0.05) is 37.1 Å². The van der Waals surface area contributed by atoms with Crippen molar-refractivity contribution in [2.45, 2.75) is 26.7 Å². The molecule has 0 spiro atoms. The minimum atomic E-state index is 0.563. The normalized spacial score (nSPS) is 12.3. The lowest BCUT2D eigenvalue weighted by Gasteiger charge is -2.06. The maximum atomic E-state index is 6.23. The van der Waals surface area contributed by atoms with E-state index in [-0.39, 0.29) is 0 Å². The van der Waals surface area contributed by atoms with Gasteiger partial charge in [0.15, 0.2) is 5.15 Å². The number of imidazole rings is 1. The molecule has 2 aromatic heterocycles. The van der Waals surface area contributed by atoms with E-state index in [1.165, 1.54) is 5.57 Å². The van der Waals surface area contributed by atoms with Crippen molar-refractivity contribution in [3.63, 3.8) is 0 Å². The molecule has 19 heavy (non-hydrogen) atoms. The van der Waals surface area contributed by atoms with Crippen LogP contribution in [-0.4, -0.2) is 22.5 Å². The van der Waals surface area contributed by atoms with E-state index in [9.17, 15) is 0 Å². The summed E-state index contributed by atoms with van der Waals surface area (Å²) >= 11 is 6.23. The van der Waals surface area contributed by atoms with E-state index < -0.39 is 0 Å². The topological polar surface area (TPSA) is 29.3 Å². The van der Waals surface area contributed by atoms with Crippen LogP contribution in [0.5, 0.6) is 0 Å². The Balaban J connectivity index is 2.29. The van der Waals surface area contributed by atoms with Crippen molar-refractivity contribution in [1.29, 1.82) is 0 Å². The Morgan fingerprint density at radius 1 is 1.42 bits per heavy atom. The summed E-state index contributed by atoms with van der Waals surface area (Å²) < 4.78 is 2.03. The van der Waals surface area contributed by atoms with Crippen molar-refractivity contribution in [2.75, 3.05) is 13.1 Å². The van der Waals surface area contributed by atoms with E-state index in [4.69, 9.17) is 11.6 Å². The highest BCUT2D eigenvalue weighted by atomic mass is 35.5. The summed E-state index contributed by atoms with van der Waals surface area (Å²) in [7, 11) is 0. The predicted octanol–water partition coefficient (Wildman–Crippen LogP) is 3.78. The van der Waals surface area contributed by atoms with Crippen LogP contribution in [0.4, 0.5) is 0 Å². The van der Waals surface area contributed by atoms with Gasteiger partial charge in [-0.05, 0) is 37.6 Å². The van der Waals surface area contributed by atoms with Crippen LogP contribution in [0, 0.1) is 0 Å². The number of nitrogens with one attached hydrogen (secondary N) is 1. The smallest absolute Gasteiger partial charge is 0.155 e. The van der Waals surface area contributed by atoms with Crippen molar-refractivity contribution in [1.82, 2.24) is 14.7 Å². The van der Waals surface area contributed by atoms with E-state index in [1.54, 1.807) is 0 Å². The Kier molecular flexibility index (Phi) is 5.00. The number of hydrogen-bond donors (Lipinski definition) is 1. The number of aromatic nitrogens is 2. The van der Waals surface area contributed by atoms with Gasteiger partial charge in [0, 0.05) is 12.7 Å². The fourth-order valence-electron chi connectivity index (χ4n) is 2.01. The summed E-state index contributed by atoms with van der Waals surface area (Å²) in [4.78, 5) is 4.36. The van der Waals surface area contributed by atoms with Crippen LogP contribution in [0.25, 0.3) is 11.7 Å². The Morgan fingerprint density at radius 3 is 3.00 bits per heavy atom. The third-order valence-corrected chi connectivity index (χ3v) is 3.37. The molecule has 0 radical (unpaired) electrons. The molecule has 0 saturated carbocycles. The molecule has 0 amide bonds. The first-order valence-electron chi connectivity index (χ1n) is 6.79. The van der Waals surface area contributed by atoms with Crippen LogP contribution in [0.15, 0.2) is 30.0 Å².